The van der Waals surface area contributed by atoms with Gasteiger partial charge < -0.3 is 15.6 Å². The average molecular weight is 354 g/mol. The number of thiophene rings is 1. The molecule has 2 aromatic heterocycles. The van der Waals surface area contributed by atoms with Gasteiger partial charge >= 0.3 is 0 Å². The van der Waals surface area contributed by atoms with E-state index in [1.54, 1.807) is 24.5 Å². The first-order valence-corrected chi connectivity index (χ1v) is 8.65. The highest BCUT2D eigenvalue weighted by Gasteiger charge is 2.18. The molecule has 0 fully saturated rings. The monoisotopic (exact) mass is 354 g/mol. The molecule has 1 atom stereocenters. The van der Waals surface area contributed by atoms with Crippen molar-refractivity contribution in [2.24, 2.45) is 0 Å². The number of benzene rings is 1. The molecule has 0 radical (unpaired) electrons. The van der Waals surface area contributed by atoms with Gasteiger partial charge in [0.15, 0.2) is 0 Å². The normalized spacial score (nSPS) is 11.7. The highest BCUT2D eigenvalue weighted by molar-refractivity contribution is 7.18. The number of hydrogen-bond donors (Lipinski definition) is 3. The Bertz CT molecular complexity index is 843. The zero-order valence-corrected chi connectivity index (χ0v) is 14.5. The predicted octanol–water partition coefficient (Wildman–Crippen LogP) is 3.14. The Kier molecular flexibility index (Phi) is 5.25. The molecule has 2 amide bonds. The third-order valence-electron chi connectivity index (χ3n) is 3.59. The third-order valence-corrected chi connectivity index (χ3v) is 4.59. The molecule has 0 spiro atoms. The Morgan fingerprint density at radius 2 is 2.00 bits per heavy atom. The van der Waals surface area contributed by atoms with Crippen LogP contribution in [0, 0.1) is 0 Å². The SMILES string of the molecule is CC(=O)Nc1ccc(C(=O)N[C@H](Cc2ncc[nH]2)c2ccccc2)s1. The van der Waals surface area contributed by atoms with Crippen LogP contribution in [0.25, 0.3) is 0 Å². The summed E-state index contributed by atoms with van der Waals surface area (Å²) in [6.45, 7) is 1.44. The number of amides is 2. The summed E-state index contributed by atoms with van der Waals surface area (Å²) in [6.07, 6.45) is 4.02. The molecule has 0 aliphatic heterocycles. The Labute approximate surface area is 149 Å². The van der Waals surface area contributed by atoms with Crippen LogP contribution in [0.1, 0.15) is 34.0 Å². The quantitative estimate of drug-likeness (QED) is 0.635. The summed E-state index contributed by atoms with van der Waals surface area (Å²) in [5.74, 6) is 0.468. The van der Waals surface area contributed by atoms with Gasteiger partial charge in [-0.3, -0.25) is 9.59 Å². The van der Waals surface area contributed by atoms with Gasteiger partial charge in [-0.25, -0.2) is 4.98 Å². The van der Waals surface area contributed by atoms with Crippen molar-refractivity contribution in [1.82, 2.24) is 15.3 Å². The van der Waals surface area contributed by atoms with Crippen LogP contribution in [0.3, 0.4) is 0 Å². The lowest BCUT2D eigenvalue weighted by Crippen LogP contribution is -2.29. The fourth-order valence-electron chi connectivity index (χ4n) is 2.47. The van der Waals surface area contributed by atoms with Gasteiger partial charge in [0.1, 0.15) is 5.82 Å². The lowest BCUT2D eigenvalue weighted by atomic mass is 10.0. The first-order valence-electron chi connectivity index (χ1n) is 7.83. The molecule has 1 aromatic carbocycles. The van der Waals surface area contributed by atoms with E-state index in [-0.39, 0.29) is 17.9 Å². The Morgan fingerprint density at radius 1 is 1.20 bits per heavy atom. The maximum absolute atomic E-state index is 12.6. The molecule has 7 heteroatoms. The van der Waals surface area contributed by atoms with E-state index in [1.807, 2.05) is 30.3 Å². The number of nitrogens with one attached hydrogen (secondary N) is 3. The second-order valence-corrected chi connectivity index (χ2v) is 6.61. The van der Waals surface area contributed by atoms with Crippen LogP contribution in [-0.4, -0.2) is 21.8 Å². The molecule has 0 saturated heterocycles. The minimum Gasteiger partial charge on any atom is -0.349 e. The molecule has 2 heterocycles. The van der Waals surface area contributed by atoms with E-state index < -0.39 is 0 Å². The molecule has 25 heavy (non-hydrogen) atoms. The largest absolute Gasteiger partial charge is 0.349 e. The van der Waals surface area contributed by atoms with E-state index >= 15 is 0 Å². The number of hydrogen-bond acceptors (Lipinski definition) is 4. The summed E-state index contributed by atoms with van der Waals surface area (Å²) in [5.41, 5.74) is 1.01. The Hall–Kier alpha value is -2.93. The lowest BCUT2D eigenvalue weighted by molar-refractivity contribution is -0.114. The number of aromatic amines is 1. The van der Waals surface area contributed by atoms with Gasteiger partial charge in [-0.1, -0.05) is 30.3 Å². The summed E-state index contributed by atoms with van der Waals surface area (Å²) in [6, 6.07) is 13.0. The fourth-order valence-corrected chi connectivity index (χ4v) is 3.33. The van der Waals surface area contributed by atoms with Gasteiger partial charge in [0.25, 0.3) is 5.91 Å². The number of nitrogens with zero attached hydrogens (tertiary/aromatic N) is 1. The summed E-state index contributed by atoms with van der Waals surface area (Å²) in [7, 11) is 0. The van der Waals surface area contributed by atoms with Crippen molar-refractivity contribution in [2.45, 2.75) is 19.4 Å². The van der Waals surface area contributed by atoms with E-state index in [0.29, 0.717) is 16.3 Å². The summed E-state index contributed by atoms with van der Waals surface area (Å²) < 4.78 is 0. The minimum atomic E-state index is -0.203. The molecule has 3 rings (SSSR count). The van der Waals surface area contributed by atoms with Crippen LogP contribution >= 0.6 is 11.3 Å². The van der Waals surface area contributed by atoms with Crippen molar-refractivity contribution in [3.05, 3.63) is 71.1 Å². The van der Waals surface area contributed by atoms with Crippen molar-refractivity contribution in [3.8, 4) is 0 Å². The summed E-state index contributed by atoms with van der Waals surface area (Å²) in [5, 5.41) is 6.39. The first kappa shape index (κ1) is 16.9. The highest BCUT2D eigenvalue weighted by Crippen LogP contribution is 2.23. The lowest BCUT2D eigenvalue weighted by Gasteiger charge is -2.18. The molecule has 0 aliphatic carbocycles. The van der Waals surface area contributed by atoms with Crippen molar-refractivity contribution < 1.29 is 9.59 Å². The number of carbonyl (C=O) groups is 2. The number of aromatic nitrogens is 2. The van der Waals surface area contributed by atoms with Gasteiger partial charge in [-0.05, 0) is 17.7 Å². The standard InChI is InChI=1S/C18H18N4O2S/c1-12(23)21-17-8-7-15(25-17)18(24)22-14(11-16-19-9-10-20-16)13-5-3-2-4-6-13/h2-10,14H,11H2,1H3,(H,19,20)(H,21,23)(H,22,24)/t14-/m1/s1. The predicted molar refractivity (Wildman–Crippen MR) is 97.6 cm³/mol. The van der Waals surface area contributed by atoms with E-state index in [4.69, 9.17) is 0 Å². The van der Waals surface area contributed by atoms with Crippen LogP contribution in [0.15, 0.2) is 54.9 Å². The van der Waals surface area contributed by atoms with Crippen molar-refractivity contribution in [3.63, 3.8) is 0 Å². The van der Waals surface area contributed by atoms with Crippen LogP contribution in [-0.2, 0) is 11.2 Å². The molecule has 6 nitrogen and oxygen atoms in total. The molecule has 0 bridgehead atoms. The molecule has 3 aromatic rings. The molecular formula is C18H18N4O2S. The second kappa shape index (κ2) is 7.76. The maximum Gasteiger partial charge on any atom is 0.261 e. The van der Waals surface area contributed by atoms with Crippen LogP contribution in [0.5, 0.6) is 0 Å². The molecule has 0 saturated carbocycles. The zero-order chi connectivity index (χ0) is 17.6. The second-order valence-electron chi connectivity index (χ2n) is 5.52. The number of rotatable bonds is 6. The van der Waals surface area contributed by atoms with E-state index in [1.165, 1.54) is 18.3 Å². The number of carbonyl (C=O) groups excluding carboxylic acids is 2. The average Bonchev–Trinajstić information content (AvgIpc) is 3.26. The highest BCUT2D eigenvalue weighted by atomic mass is 32.1. The smallest absolute Gasteiger partial charge is 0.261 e. The number of H-pyrrole nitrogens is 1. The summed E-state index contributed by atoms with van der Waals surface area (Å²) >= 11 is 1.25. The van der Waals surface area contributed by atoms with Gasteiger partial charge in [-0.15, -0.1) is 11.3 Å². The van der Waals surface area contributed by atoms with Crippen LogP contribution < -0.4 is 10.6 Å². The molecule has 0 aliphatic rings. The van der Waals surface area contributed by atoms with E-state index in [2.05, 4.69) is 20.6 Å². The maximum atomic E-state index is 12.6. The third kappa shape index (κ3) is 4.54. The van der Waals surface area contributed by atoms with Gasteiger partial charge in [0.05, 0.1) is 15.9 Å². The minimum absolute atomic E-state index is 0.159. The molecule has 3 N–H and O–H groups in total. The number of imidazole rings is 1. The number of anilines is 1. The Balaban J connectivity index is 1.76. The molecule has 0 unspecified atom stereocenters. The van der Waals surface area contributed by atoms with Crippen molar-refractivity contribution in [2.75, 3.05) is 5.32 Å². The topological polar surface area (TPSA) is 86.9 Å². The first-order chi connectivity index (χ1) is 12.1. The van der Waals surface area contributed by atoms with E-state index in [0.717, 1.165) is 11.4 Å². The van der Waals surface area contributed by atoms with Crippen molar-refractivity contribution in [1.29, 1.82) is 0 Å². The fraction of sp³-hybridized carbons (Fsp3) is 0.167. The Morgan fingerprint density at radius 3 is 2.68 bits per heavy atom. The van der Waals surface area contributed by atoms with Crippen molar-refractivity contribution >= 4 is 28.2 Å². The van der Waals surface area contributed by atoms with E-state index in [9.17, 15) is 9.59 Å². The van der Waals surface area contributed by atoms with Crippen LogP contribution in [0.2, 0.25) is 0 Å². The van der Waals surface area contributed by atoms with Gasteiger partial charge in [0, 0.05) is 25.7 Å². The summed E-state index contributed by atoms with van der Waals surface area (Å²) in [4.78, 5) is 31.6. The molecule has 128 valence electrons. The van der Waals surface area contributed by atoms with Crippen LogP contribution in [0.4, 0.5) is 5.00 Å². The van der Waals surface area contributed by atoms with Gasteiger partial charge in [0.2, 0.25) is 5.91 Å². The zero-order valence-electron chi connectivity index (χ0n) is 13.7. The van der Waals surface area contributed by atoms with Gasteiger partial charge in [-0.2, -0.15) is 0 Å². The molecular weight excluding hydrogens is 336 g/mol.